The highest BCUT2D eigenvalue weighted by atomic mass is 16.5. The summed E-state index contributed by atoms with van der Waals surface area (Å²) in [6, 6.07) is 1.79. The van der Waals surface area contributed by atoms with E-state index in [1.807, 2.05) is 0 Å². The fourth-order valence-electron chi connectivity index (χ4n) is 2.51. The number of methoxy groups -OCH3 is 3. The van der Waals surface area contributed by atoms with Crippen molar-refractivity contribution in [2.45, 2.75) is 20.3 Å². The number of ether oxygens (including phenoxy) is 3. The molecule has 0 bridgehead atoms. The summed E-state index contributed by atoms with van der Waals surface area (Å²) in [7, 11) is 4.65. The number of aromatic amines is 1. The Morgan fingerprint density at radius 2 is 1.87 bits per heavy atom. The SMILES string of the molecule is COc1cc2[nH]cc(C(=O)NCCC(C)C)c2c(OC)c1OC. The molecule has 0 unspecified atom stereocenters. The van der Waals surface area contributed by atoms with E-state index in [0.29, 0.717) is 40.7 Å². The molecule has 1 aromatic heterocycles. The van der Waals surface area contributed by atoms with E-state index < -0.39 is 0 Å². The van der Waals surface area contributed by atoms with Gasteiger partial charge < -0.3 is 24.5 Å². The summed E-state index contributed by atoms with van der Waals surface area (Å²) < 4.78 is 16.2. The van der Waals surface area contributed by atoms with Crippen molar-refractivity contribution in [1.82, 2.24) is 10.3 Å². The van der Waals surface area contributed by atoms with E-state index in [-0.39, 0.29) is 5.91 Å². The number of aromatic nitrogens is 1. The summed E-state index contributed by atoms with van der Waals surface area (Å²) in [6.07, 6.45) is 2.61. The highest BCUT2D eigenvalue weighted by molar-refractivity contribution is 6.10. The normalized spacial score (nSPS) is 10.9. The molecule has 0 saturated carbocycles. The van der Waals surface area contributed by atoms with Crippen LogP contribution in [0, 0.1) is 5.92 Å². The number of hydrogen-bond acceptors (Lipinski definition) is 4. The van der Waals surface area contributed by atoms with Gasteiger partial charge in [-0.15, -0.1) is 0 Å². The standard InChI is InChI=1S/C17H24N2O4/c1-10(2)6-7-18-17(20)11-9-19-12-8-13(21-3)15(22-4)16(23-5)14(11)12/h8-10,19H,6-7H2,1-5H3,(H,18,20). The van der Waals surface area contributed by atoms with Crippen molar-refractivity contribution in [3.8, 4) is 17.2 Å². The van der Waals surface area contributed by atoms with Crippen molar-refractivity contribution in [2.24, 2.45) is 5.92 Å². The minimum Gasteiger partial charge on any atom is -0.493 e. The summed E-state index contributed by atoms with van der Waals surface area (Å²) in [5.41, 5.74) is 1.29. The van der Waals surface area contributed by atoms with Crippen molar-refractivity contribution in [3.05, 3.63) is 17.8 Å². The molecule has 1 amide bonds. The van der Waals surface area contributed by atoms with Gasteiger partial charge in [0.25, 0.3) is 5.91 Å². The summed E-state index contributed by atoms with van der Waals surface area (Å²) in [5.74, 6) is 1.90. The molecule has 23 heavy (non-hydrogen) atoms. The van der Waals surface area contributed by atoms with E-state index in [9.17, 15) is 4.79 Å². The number of carbonyl (C=O) groups excluding carboxylic acids is 1. The van der Waals surface area contributed by atoms with Crippen LogP contribution in [0.1, 0.15) is 30.6 Å². The first-order valence-corrected chi connectivity index (χ1v) is 7.61. The van der Waals surface area contributed by atoms with Gasteiger partial charge in [-0.3, -0.25) is 4.79 Å². The molecule has 2 N–H and O–H groups in total. The molecule has 126 valence electrons. The zero-order valence-electron chi connectivity index (χ0n) is 14.3. The van der Waals surface area contributed by atoms with Crippen LogP contribution in [0.3, 0.4) is 0 Å². The predicted octanol–water partition coefficient (Wildman–Crippen LogP) is 2.97. The highest BCUT2D eigenvalue weighted by Crippen LogP contribution is 2.44. The van der Waals surface area contributed by atoms with E-state index in [4.69, 9.17) is 14.2 Å². The molecule has 1 heterocycles. The van der Waals surface area contributed by atoms with E-state index in [1.165, 1.54) is 0 Å². The summed E-state index contributed by atoms with van der Waals surface area (Å²) in [4.78, 5) is 15.6. The molecule has 0 spiro atoms. The average molecular weight is 320 g/mol. The Hall–Kier alpha value is -2.37. The van der Waals surface area contributed by atoms with Gasteiger partial charge in [-0.25, -0.2) is 0 Å². The number of benzene rings is 1. The molecule has 1 aromatic carbocycles. The molecule has 2 aromatic rings. The van der Waals surface area contributed by atoms with Crippen molar-refractivity contribution < 1.29 is 19.0 Å². The van der Waals surface area contributed by atoms with Gasteiger partial charge in [0.05, 0.1) is 37.8 Å². The maximum Gasteiger partial charge on any atom is 0.253 e. The van der Waals surface area contributed by atoms with Crippen LogP contribution in [0.25, 0.3) is 10.9 Å². The highest BCUT2D eigenvalue weighted by Gasteiger charge is 2.22. The van der Waals surface area contributed by atoms with Gasteiger partial charge in [0.15, 0.2) is 11.5 Å². The number of nitrogens with one attached hydrogen (secondary N) is 2. The van der Waals surface area contributed by atoms with Gasteiger partial charge in [-0.2, -0.15) is 0 Å². The fraction of sp³-hybridized carbons (Fsp3) is 0.471. The monoisotopic (exact) mass is 320 g/mol. The van der Waals surface area contributed by atoms with Gasteiger partial charge in [-0.1, -0.05) is 13.8 Å². The maximum atomic E-state index is 12.5. The Morgan fingerprint density at radius 3 is 2.43 bits per heavy atom. The molecule has 0 radical (unpaired) electrons. The molecule has 6 nitrogen and oxygen atoms in total. The minimum absolute atomic E-state index is 0.137. The molecule has 0 saturated heterocycles. The second-order valence-electron chi connectivity index (χ2n) is 5.71. The van der Waals surface area contributed by atoms with Gasteiger partial charge in [0.1, 0.15) is 0 Å². The molecular weight excluding hydrogens is 296 g/mol. The molecule has 0 atom stereocenters. The van der Waals surface area contributed by atoms with E-state index in [0.717, 1.165) is 11.9 Å². The predicted molar refractivity (Wildman–Crippen MR) is 89.7 cm³/mol. The Bertz CT molecular complexity index is 691. The first-order chi connectivity index (χ1) is 11.0. The topological polar surface area (TPSA) is 72.6 Å². The Labute approximate surface area is 136 Å². The Balaban J connectivity index is 2.44. The second-order valence-corrected chi connectivity index (χ2v) is 5.71. The van der Waals surface area contributed by atoms with Crippen LogP contribution in [0.2, 0.25) is 0 Å². The van der Waals surface area contributed by atoms with Crippen LogP contribution in [0.15, 0.2) is 12.3 Å². The van der Waals surface area contributed by atoms with E-state index in [2.05, 4.69) is 24.1 Å². The molecule has 0 aliphatic heterocycles. The lowest BCUT2D eigenvalue weighted by molar-refractivity contribution is 0.0953. The first kappa shape index (κ1) is 17.0. The number of carbonyl (C=O) groups is 1. The third-order valence-corrected chi connectivity index (χ3v) is 3.72. The Morgan fingerprint density at radius 1 is 1.17 bits per heavy atom. The van der Waals surface area contributed by atoms with Crippen LogP contribution in [0.5, 0.6) is 17.2 Å². The lowest BCUT2D eigenvalue weighted by atomic mass is 10.1. The van der Waals surface area contributed by atoms with Crippen molar-refractivity contribution in [2.75, 3.05) is 27.9 Å². The molecule has 0 aliphatic rings. The van der Waals surface area contributed by atoms with Gasteiger partial charge >= 0.3 is 0 Å². The summed E-state index contributed by atoms with van der Waals surface area (Å²) in [6.45, 7) is 4.88. The summed E-state index contributed by atoms with van der Waals surface area (Å²) in [5, 5.41) is 3.63. The van der Waals surface area contributed by atoms with Gasteiger partial charge in [-0.05, 0) is 12.3 Å². The molecule has 0 aliphatic carbocycles. The molecule has 6 heteroatoms. The van der Waals surface area contributed by atoms with Gasteiger partial charge in [0.2, 0.25) is 5.75 Å². The van der Waals surface area contributed by atoms with Crippen molar-refractivity contribution >= 4 is 16.8 Å². The number of rotatable bonds is 7. The van der Waals surface area contributed by atoms with Crippen LogP contribution < -0.4 is 19.5 Å². The molecule has 0 fully saturated rings. The zero-order valence-corrected chi connectivity index (χ0v) is 14.3. The lowest BCUT2D eigenvalue weighted by Crippen LogP contribution is -2.25. The average Bonchev–Trinajstić information content (AvgIpc) is 2.95. The number of H-pyrrole nitrogens is 1. The zero-order chi connectivity index (χ0) is 17.0. The Kier molecular flexibility index (Phi) is 5.36. The molecule has 2 rings (SSSR count). The summed E-state index contributed by atoms with van der Waals surface area (Å²) >= 11 is 0. The van der Waals surface area contributed by atoms with E-state index in [1.54, 1.807) is 33.6 Å². The third kappa shape index (κ3) is 3.36. The van der Waals surface area contributed by atoms with E-state index >= 15 is 0 Å². The van der Waals surface area contributed by atoms with Crippen molar-refractivity contribution in [3.63, 3.8) is 0 Å². The number of amides is 1. The smallest absolute Gasteiger partial charge is 0.253 e. The number of hydrogen-bond donors (Lipinski definition) is 2. The quantitative estimate of drug-likeness (QED) is 0.822. The largest absolute Gasteiger partial charge is 0.493 e. The fourth-order valence-corrected chi connectivity index (χ4v) is 2.51. The lowest BCUT2D eigenvalue weighted by Gasteiger charge is -2.14. The van der Waals surface area contributed by atoms with Crippen LogP contribution in [0.4, 0.5) is 0 Å². The second kappa shape index (κ2) is 7.26. The van der Waals surface area contributed by atoms with Crippen LogP contribution in [-0.4, -0.2) is 38.8 Å². The van der Waals surface area contributed by atoms with Gasteiger partial charge in [0, 0.05) is 18.8 Å². The van der Waals surface area contributed by atoms with Crippen LogP contribution >= 0.6 is 0 Å². The molecular formula is C17H24N2O4. The van der Waals surface area contributed by atoms with Crippen LogP contribution in [-0.2, 0) is 0 Å². The maximum absolute atomic E-state index is 12.5. The first-order valence-electron chi connectivity index (χ1n) is 7.61. The minimum atomic E-state index is -0.137. The third-order valence-electron chi connectivity index (χ3n) is 3.72. The van der Waals surface area contributed by atoms with Crippen molar-refractivity contribution in [1.29, 1.82) is 0 Å². The number of fused-ring (bicyclic) bond motifs is 1.